The number of pyridine rings is 1. The molecule has 1 aliphatic heterocycles. The number of piperidine rings is 1. The largest absolute Gasteiger partial charge is 0.380 e. The third kappa shape index (κ3) is 3.09. The molecule has 1 N–H and O–H groups in total. The van der Waals surface area contributed by atoms with Gasteiger partial charge in [-0.05, 0) is 25.3 Å². The second-order valence-electron chi connectivity index (χ2n) is 4.48. The monoisotopic (exact) mass is 245 g/mol. The highest BCUT2D eigenvalue weighted by Crippen LogP contribution is 2.15. The minimum absolute atomic E-state index is 0.0875. The molecule has 0 aromatic carbocycles. The van der Waals surface area contributed by atoms with Gasteiger partial charge in [-0.15, -0.1) is 6.58 Å². The van der Waals surface area contributed by atoms with Crippen molar-refractivity contribution in [3.8, 4) is 0 Å². The van der Waals surface area contributed by atoms with Crippen molar-refractivity contribution >= 4 is 11.6 Å². The van der Waals surface area contributed by atoms with Crippen LogP contribution in [0.4, 0.5) is 5.69 Å². The Morgan fingerprint density at radius 1 is 1.39 bits per heavy atom. The van der Waals surface area contributed by atoms with Crippen molar-refractivity contribution < 1.29 is 4.79 Å². The Bertz CT molecular complexity index is 425. The highest BCUT2D eigenvalue weighted by molar-refractivity contribution is 5.94. The van der Waals surface area contributed by atoms with Crippen LogP contribution in [0.2, 0.25) is 0 Å². The van der Waals surface area contributed by atoms with Crippen molar-refractivity contribution in [2.24, 2.45) is 0 Å². The normalized spacial score (nSPS) is 15.2. The standard InChI is InChI=1S/C14H19N3O/c1-2-6-16-13-9-12(10-15-11-13)14(18)17-7-4-3-5-8-17/h2,9-11,16H,1,3-8H2. The molecule has 4 nitrogen and oxygen atoms in total. The van der Waals surface area contributed by atoms with Gasteiger partial charge in [0.05, 0.1) is 11.3 Å². The molecule has 2 rings (SSSR count). The van der Waals surface area contributed by atoms with E-state index >= 15 is 0 Å². The molecule has 96 valence electrons. The second-order valence-corrected chi connectivity index (χ2v) is 4.48. The number of carbonyl (C=O) groups excluding carboxylic acids is 1. The average molecular weight is 245 g/mol. The number of hydrogen-bond donors (Lipinski definition) is 1. The predicted octanol–water partition coefficient (Wildman–Crippen LogP) is 2.31. The van der Waals surface area contributed by atoms with Crippen molar-refractivity contribution in [1.82, 2.24) is 9.88 Å². The molecule has 4 heteroatoms. The van der Waals surface area contributed by atoms with Crippen LogP contribution in [0.15, 0.2) is 31.1 Å². The van der Waals surface area contributed by atoms with E-state index in [2.05, 4.69) is 16.9 Å². The lowest BCUT2D eigenvalue weighted by atomic mass is 10.1. The minimum Gasteiger partial charge on any atom is -0.380 e. The average Bonchev–Trinajstić information content (AvgIpc) is 2.45. The van der Waals surface area contributed by atoms with Gasteiger partial charge in [-0.25, -0.2) is 0 Å². The van der Waals surface area contributed by atoms with Gasteiger partial charge in [0.15, 0.2) is 0 Å². The summed E-state index contributed by atoms with van der Waals surface area (Å²) in [6, 6.07) is 1.85. The summed E-state index contributed by atoms with van der Waals surface area (Å²) in [6.07, 6.45) is 8.57. The zero-order valence-electron chi connectivity index (χ0n) is 10.6. The van der Waals surface area contributed by atoms with Crippen LogP contribution in [0.3, 0.4) is 0 Å². The van der Waals surface area contributed by atoms with Crippen molar-refractivity contribution in [3.05, 3.63) is 36.7 Å². The van der Waals surface area contributed by atoms with Crippen LogP contribution in [0, 0.1) is 0 Å². The van der Waals surface area contributed by atoms with Crippen LogP contribution in [0.1, 0.15) is 29.6 Å². The molecular formula is C14H19N3O. The fourth-order valence-corrected chi connectivity index (χ4v) is 2.12. The topological polar surface area (TPSA) is 45.2 Å². The van der Waals surface area contributed by atoms with E-state index in [0.29, 0.717) is 12.1 Å². The Kier molecular flexibility index (Phi) is 4.34. The summed E-state index contributed by atoms with van der Waals surface area (Å²) >= 11 is 0. The van der Waals surface area contributed by atoms with Crippen molar-refractivity contribution in [2.45, 2.75) is 19.3 Å². The van der Waals surface area contributed by atoms with Gasteiger partial charge < -0.3 is 10.2 Å². The minimum atomic E-state index is 0.0875. The van der Waals surface area contributed by atoms with Crippen molar-refractivity contribution in [2.75, 3.05) is 25.0 Å². The summed E-state index contributed by atoms with van der Waals surface area (Å²) in [5, 5.41) is 3.14. The number of hydrogen-bond acceptors (Lipinski definition) is 3. The zero-order chi connectivity index (χ0) is 12.8. The van der Waals surface area contributed by atoms with E-state index in [1.54, 1.807) is 18.5 Å². The van der Waals surface area contributed by atoms with Crippen LogP contribution in [-0.2, 0) is 0 Å². The van der Waals surface area contributed by atoms with Crippen LogP contribution < -0.4 is 5.32 Å². The van der Waals surface area contributed by atoms with Crippen LogP contribution >= 0.6 is 0 Å². The van der Waals surface area contributed by atoms with Crippen LogP contribution in [0.5, 0.6) is 0 Å². The first-order chi connectivity index (χ1) is 8.81. The lowest BCUT2D eigenvalue weighted by Gasteiger charge is -2.26. The first-order valence-corrected chi connectivity index (χ1v) is 6.40. The molecule has 0 saturated carbocycles. The van der Waals surface area contributed by atoms with E-state index in [-0.39, 0.29) is 5.91 Å². The number of rotatable bonds is 4. The molecule has 1 amide bonds. The summed E-state index contributed by atoms with van der Waals surface area (Å²) in [4.78, 5) is 18.3. The highest BCUT2D eigenvalue weighted by Gasteiger charge is 2.18. The number of likely N-dealkylation sites (tertiary alicyclic amines) is 1. The van der Waals surface area contributed by atoms with E-state index in [0.717, 1.165) is 31.6 Å². The van der Waals surface area contributed by atoms with Crippen molar-refractivity contribution in [1.29, 1.82) is 0 Å². The van der Waals surface area contributed by atoms with Gasteiger partial charge in [-0.2, -0.15) is 0 Å². The Labute approximate surface area is 108 Å². The maximum absolute atomic E-state index is 12.3. The second kappa shape index (κ2) is 6.19. The number of nitrogens with zero attached hydrogens (tertiary/aromatic N) is 2. The fourth-order valence-electron chi connectivity index (χ4n) is 2.12. The Morgan fingerprint density at radius 3 is 2.89 bits per heavy atom. The Balaban J connectivity index is 2.06. The first kappa shape index (κ1) is 12.6. The number of carbonyl (C=O) groups is 1. The van der Waals surface area contributed by atoms with Gasteiger partial charge in [-0.3, -0.25) is 9.78 Å². The molecule has 0 radical (unpaired) electrons. The molecule has 1 saturated heterocycles. The summed E-state index contributed by atoms with van der Waals surface area (Å²) in [5.41, 5.74) is 1.52. The molecule has 0 atom stereocenters. The zero-order valence-corrected chi connectivity index (χ0v) is 10.6. The van der Waals surface area contributed by atoms with Crippen molar-refractivity contribution in [3.63, 3.8) is 0 Å². The lowest BCUT2D eigenvalue weighted by Crippen LogP contribution is -2.35. The molecular weight excluding hydrogens is 226 g/mol. The molecule has 0 bridgehead atoms. The molecule has 18 heavy (non-hydrogen) atoms. The predicted molar refractivity (Wildman–Crippen MR) is 72.7 cm³/mol. The van der Waals surface area contributed by atoms with Gasteiger partial charge in [0, 0.05) is 32.0 Å². The molecule has 1 aromatic rings. The molecule has 1 fully saturated rings. The smallest absolute Gasteiger partial charge is 0.255 e. The quantitative estimate of drug-likeness (QED) is 0.828. The number of nitrogens with one attached hydrogen (secondary N) is 1. The van der Waals surface area contributed by atoms with E-state index in [1.165, 1.54) is 6.42 Å². The van der Waals surface area contributed by atoms with E-state index < -0.39 is 0 Å². The summed E-state index contributed by atoms with van der Waals surface area (Å²) < 4.78 is 0. The fraction of sp³-hybridized carbons (Fsp3) is 0.429. The van der Waals surface area contributed by atoms with Crippen LogP contribution in [0.25, 0.3) is 0 Å². The van der Waals surface area contributed by atoms with Gasteiger partial charge >= 0.3 is 0 Å². The molecule has 0 unspecified atom stereocenters. The maximum atomic E-state index is 12.3. The summed E-state index contributed by atoms with van der Waals surface area (Å²) in [6.45, 7) is 6.05. The summed E-state index contributed by atoms with van der Waals surface area (Å²) in [7, 11) is 0. The highest BCUT2D eigenvalue weighted by atomic mass is 16.2. The lowest BCUT2D eigenvalue weighted by molar-refractivity contribution is 0.0724. The molecule has 0 spiro atoms. The Morgan fingerprint density at radius 2 is 2.17 bits per heavy atom. The Hall–Kier alpha value is -1.84. The first-order valence-electron chi connectivity index (χ1n) is 6.40. The molecule has 2 heterocycles. The SMILES string of the molecule is C=CCNc1cncc(C(=O)N2CCCCC2)c1. The van der Waals surface area contributed by atoms with Gasteiger partial charge in [0.1, 0.15) is 0 Å². The van der Waals surface area contributed by atoms with Crippen LogP contribution in [-0.4, -0.2) is 35.4 Å². The third-order valence-electron chi connectivity index (χ3n) is 3.08. The number of anilines is 1. The molecule has 0 aliphatic carbocycles. The van der Waals surface area contributed by atoms with Gasteiger partial charge in [-0.1, -0.05) is 6.08 Å². The van der Waals surface area contributed by atoms with Gasteiger partial charge in [0.25, 0.3) is 5.91 Å². The number of aromatic nitrogens is 1. The summed E-state index contributed by atoms with van der Waals surface area (Å²) in [5.74, 6) is 0.0875. The third-order valence-corrected chi connectivity index (χ3v) is 3.08. The van der Waals surface area contributed by atoms with E-state index in [1.807, 2.05) is 11.0 Å². The van der Waals surface area contributed by atoms with E-state index in [4.69, 9.17) is 0 Å². The molecule has 1 aromatic heterocycles. The maximum Gasteiger partial charge on any atom is 0.255 e. The van der Waals surface area contributed by atoms with E-state index in [9.17, 15) is 4.79 Å². The number of amides is 1. The molecule has 1 aliphatic rings. The van der Waals surface area contributed by atoms with Gasteiger partial charge in [0.2, 0.25) is 0 Å².